The number of hydrogen-bond donors (Lipinski definition) is 2. The van der Waals surface area contributed by atoms with Gasteiger partial charge in [-0.3, -0.25) is 4.79 Å². The van der Waals surface area contributed by atoms with Crippen LogP contribution in [0.25, 0.3) is 0 Å². The Kier molecular flexibility index (Phi) is 5.70. The highest BCUT2D eigenvalue weighted by Gasteiger charge is 2.26. The first-order valence-electron chi connectivity index (χ1n) is 7.36. The maximum absolute atomic E-state index is 13.1. The van der Waals surface area contributed by atoms with Gasteiger partial charge in [-0.05, 0) is 30.5 Å². The average molecular weight is 295 g/mol. The molecule has 1 aliphatic carbocycles. The van der Waals surface area contributed by atoms with Crippen LogP contribution >= 0.6 is 0 Å². The van der Waals surface area contributed by atoms with E-state index in [9.17, 15) is 14.3 Å². The molecule has 1 fully saturated rings. The zero-order valence-electron chi connectivity index (χ0n) is 12.2. The molecule has 0 saturated heterocycles. The number of amides is 1. The van der Waals surface area contributed by atoms with Crippen LogP contribution in [-0.4, -0.2) is 30.3 Å². The van der Waals surface area contributed by atoms with Crippen LogP contribution in [0.2, 0.25) is 0 Å². The van der Waals surface area contributed by atoms with Gasteiger partial charge in [-0.1, -0.05) is 25.0 Å². The van der Waals surface area contributed by atoms with E-state index in [1.165, 1.54) is 18.2 Å². The molecule has 0 radical (unpaired) electrons. The minimum absolute atomic E-state index is 0.00374. The van der Waals surface area contributed by atoms with Gasteiger partial charge in [0, 0.05) is 7.11 Å². The topological polar surface area (TPSA) is 58.6 Å². The third-order valence-corrected chi connectivity index (χ3v) is 3.96. The maximum atomic E-state index is 13.1. The number of rotatable bonds is 5. The molecule has 1 aliphatic rings. The van der Waals surface area contributed by atoms with E-state index in [0.29, 0.717) is 5.56 Å². The van der Waals surface area contributed by atoms with Gasteiger partial charge >= 0.3 is 0 Å². The third-order valence-electron chi connectivity index (χ3n) is 3.96. The average Bonchev–Trinajstić information content (AvgIpc) is 2.47. The summed E-state index contributed by atoms with van der Waals surface area (Å²) in [4.78, 5) is 12.0. The Morgan fingerprint density at radius 2 is 2.24 bits per heavy atom. The van der Waals surface area contributed by atoms with Gasteiger partial charge in [0.1, 0.15) is 5.82 Å². The molecule has 0 aromatic heterocycles. The minimum atomic E-state index is -0.995. The summed E-state index contributed by atoms with van der Waals surface area (Å²) in [6, 6.07) is 5.68. The molecule has 116 valence electrons. The zero-order chi connectivity index (χ0) is 15.2. The second-order valence-corrected chi connectivity index (χ2v) is 5.51. The van der Waals surface area contributed by atoms with Crippen molar-refractivity contribution in [1.29, 1.82) is 0 Å². The number of halogens is 1. The van der Waals surface area contributed by atoms with Gasteiger partial charge in [-0.15, -0.1) is 0 Å². The molecule has 0 aliphatic heterocycles. The predicted octanol–water partition coefficient (Wildman–Crippen LogP) is 2.32. The summed E-state index contributed by atoms with van der Waals surface area (Å²) >= 11 is 0. The molecular weight excluding hydrogens is 273 g/mol. The number of benzene rings is 1. The standard InChI is InChI=1S/C16H22FNO3/c1-21-15-8-3-2-7-13(15)18-16(20)10-14(19)11-5-4-6-12(17)9-11/h4-6,9,13-15,19H,2-3,7-8,10H2,1H3,(H,18,20). The fraction of sp³-hybridized carbons (Fsp3) is 0.562. The van der Waals surface area contributed by atoms with Crippen molar-refractivity contribution in [1.82, 2.24) is 5.32 Å². The highest BCUT2D eigenvalue weighted by molar-refractivity contribution is 5.77. The van der Waals surface area contributed by atoms with Gasteiger partial charge in [-0.2, -0.15) is 0 Å². The van der Waals surface area contributed by atoms with E-state index in [1.54, 1.807) is 13.2 Å². The first kappa shape index (κ1) is 15.9. The molecule has 1 aromatic rings. The van der Waals surface area contributed by atoms with Crippen LogP contribution in [0.15, 0.2) is 24.3 Å². The van der Waals surface area contributed by atoms with Crippen molar-refractivity contribution in [2.24, 2.45) is 0 Å². The van der Waals surface area contributed by atoms with Gasteiger partial charge in [0.15, 0.2) is 0 Å². The highest BCUT2D eigenvalue weighted by atomic mass is 19.1. The van der Waals surface area contributed by atoms with Crippen LogP contribution in [-0.2, 0) is 9.53 Å². The van der Waals surface area contributed by atoms with E-state index in [2.05, 4.69) is 5.32 Å². The molecule has 21 heavy (non-hydrogen) atoms. The van der Waals surface area contributed by atoms with E-state index < -0.39 is 11.9 Å². The van der Waals surface area contributed by atoms with Crippen LogP contribution < -0.4 is 5.32 Å². The summed E-state index contributed by atoms with van der Waals surface area (Å²) in [6.07, 6.45) is 2.97. The number of carbonyl (C=O) groups excluding carboxylic acids is 1. The quantitative estimate of drug-likeness (QED) is 0.876. The fourth-order valence-electron chi connectivity index (χ4n) is 2.82. The molecule has 3 unspecified atom stereocenters. The lowest BCUT2D eigenvalue weighted by atomic mass is 9.92. The number of ether oxygens (including phenoxy) is 1. The summed E-state index contributed by atoms with van der Waals surface area (Å²) in [5, 5.41) is 12.9. The SMILES string of the molecule is COC1CCCCC1NC(=O)CC(O)c1cccc(F)c1. The fourth-order valence-corrected chi connectivity index (χ4v) is 2.82. The van der Waals surface area contributed by atoms with Crippen LogP contribution in [0, 0.1) is 5.82 Å². The lowest BCUT2D eigenvalue weighted by Gasteiger charge is -2.31. The second-order valence-electron chi connectivity index (χ2n) is 5.51. The smallest absolute Gasteiger partial charge is 0.223 e. The maximum Gasteiger partial charge on any atom is 0.223 e. The first-order chi connectivity index (χ1) is 10.1. The summed E-state index contributed by atoms with van der Waals surface area (Å²) in [6.45, 7) is 0. The Morgan fingerprint density at radius 3 is 2.95 bits per heavy atom. The number of nitrogens with one attached hydrogen (secondary N) is 1. The van der Waals surface area contributed by atoms with Crippen molar-refractivity contribution >= 4 is 5.91 Å². The molecule has 5 heteroatoms. The second kappa shape index (κ2) is 7.52. The molecule has 1 amide bonds. The van der Waals surface area contributed by atoms with Crippen molar-refractivity contribution in [3.63, 3.8) is 0 Å². The Hall–Kier alpha value is -1.46. The van der Waals surface area contributed by atoms with Crippen LogP contribution in [0.5, 0.6) is 0 Å². The largest absolute Gasteiger partial charge is 0.388 e. The molecule has 2 N–H and O–H groups in total. The van der Waals surface area contributed by atoms with Crippen molar-refractivity contribution in [2.75, 3.05) is 7.11 Å². The molecule has 0 bridgehead atoms. The summed E-state index contributed by atoms with van der Waals surface area (Å²) < 4.78 is 18.5. The lowest BCUT2D eigenvalue weighted by Crippen LogP contribution is -2.46. The number of carbonyl (C=O) groups is 1. The monoisotopic (exact) mass is 295 g/mol. The summed E-state index contributed by atoms with van der Waals surface area (Å²) in [5.41, 5.74) is 0.414. The van der Waals surface area contributed by atoms with E-state index in [1.807, 2.05) is 0 Å². The molecule has 3 atom stereocenters. The number of methoxy groups -OCH3 is 1. The van der Waals surface area contributed by atoms with E-state index in [0.717, 1.165) is 25.7 Å². The molecular formula is C16H22FNO3. The van der Waals surface area contributed by atoms with Crippen molar-refractivity contribution < 1.29 is 19.0 Å². The third kappa shape index (κ3) is 4.51. The predicted molar refractivity (Wildman–Crippen MR) is 77.2 cm³/mol. The van der Waals surface area contributed by atoms with Crippen LogP contribution in [0.1, 0.15) is 43.8 Å². The van der Waals surface area contributed by atoms with Gasteiger partial charge < -0.3 is 15.2 Å². The molecule has 1 aromatic carbocycles. The Balaban J connectivity index is 1.89. The van der Waals surface area contributed by atoms with Crippen LogP contribution in [0.3, 0.4) is 0 Å². The van der Waals surface area contributed by atoms with Gasteiger partial charge in [-0.25, -0.2) is 4.39 Å². The van der Waals surface area contributed by atoms with Gasteiger partial charge in [0.25, 0.3) is 0 Å². The Bertz CT molecular complexity index is 480. The first-order valence-corrected chi connectivity index (χ1v) is 7.36. The number of hydrogen-bond acceptors (Lipinski definition) is 3. The molecule has 4 nitrogen and oxygen atoms in total. The lowest BCUT2D eigenvalue weighted by molar-refractivity contribution is -0.125. The Morgan fingerprint density at radius 1 is 1.48 bits per heavy atom. The summed E-state index contributed by atoms with van der Waals surface area (Å²) in [7, 11) is 1.65. The van der Waals surface area contributed by atoms with E-state index in [-0.39, 0.29) is 24.5 Å². The molecule has 2 rings (SSSR count). The molecule has 0 heterocycles. The van der Waals surface area contributed by atoms with Crippen molar-refractivity contribution in [3.05, 3.63) is 35.6 Å². The normalized spacial score (nSPS) is 23.6. The van der Waals surface area contributed by atoms with Crippen molar-refractivity contribution in [2.45, 2.75) is 50.4 Å². The van der Waals surface area contributed by atoms with Crippen molar-refractivity contribution in [3.8, 4) is 0 Å². The zero-order valence-corrected chi connectivity index (χ0v) is 12.2. The van der Waals surface area contributed by atoms with Gasteiger partial charge in [0.05, 0.1) is 24.7 Å². The van der Waals surface area contributed by atoms with Crippen LogP contribution in [0.4, 0.5) is 4.39 Å². The number of aliphatic hydroxyl groups is 1. The van der Waals surface area contributed by atoms with E-state index >= 15 is 0 Å². The number of aliphatic hydroxyl groups excluding tert-OH is 1. The molecule has 1 saturated carbocycles. The highest BCUT2D eigenvalue weighted by Crippen LogP contribution is 2.22. The minimum Gasteiger partial charge on any atom is -0.388 e. The van der Waals surface area contributed by atoms with E-state index in [4.69, 9.17) is 4.74 Å². The Labute approximate surface area is 124 Å². The van der Waals surface area contributed by atoms with Gasteiger partial charge in [0.2, 0.25) is 5.91 Å². The summed E-state index contributed by atoms with van der Waals surface area (Å²) in [5.74, 6) is -0.653. The molecule has 0 spiro atoms.